The number of hydrogen-bond acceptors (Lipinski definition) is 5. The molecule has 1 atom stereocenters. The lowest BCUT2D eigenvalue weighted by Gasteiger charge is -2.16. The van der Waals surface area contributed by atoms with Gasteiger partial charge >= 0.3 is 0 Å². The minimum atomic E-state index is -0.867. The van der Waals surface area contributed by atoms with Gasteiger partial charge in [-0.25, -0.2) is 8.78 Å². The summed E-state index contributed by atoms with van der Waals surface area (Å²) < 4.78 is 48.1. The zero-order chi connectivity index (χ0) is 20.1. The topological polar surface area (TPSA) is 57.2 Å². The Labute approximate surface area is 170 Å². The fraction of sp³-hybridized carbons (Fsp3) is 0.400. The minimum absolute atomic E-state index is 0.254. The van der Waals surface area contributed by atoms with Crippen LogP contribution < -0.4 is 0 Å². The van der Waals surface area contributed by atoms with Crippen molar-refractivity contribution in [2.24, 2.45) is 0 Å². The summed E-state index contributed by atoms with van der Waals surface area (Å²) in [6.45, 7) is 3.65. The van der Waals surface area contributed by atoms with E-state index in [0.717, 1.165) is 0 Å². The monoisotopic (exact) mass is 458 g/mol. The number of aliphatic hydroxyl groups is 1. The normalized spacial score (nSPS) is 18.8. The molecule has 2 saturated heterocycles. The zero-order valence-corrected chi connectivity index (χ0v) is 16.8. The third-order valence-electron chi connectivity index (χ3n) is 4.24. The van der Waals surface area contributed by atoms with Crippen molar-refractivity contribution >= 4 is 15.9 Å². The standard InChI is InChI=1S/C11H13FO3.C9H8BrFO2/c1-7(13)10-8(3-2-4-9(10)12)11-14-5-6-15-11;10-8-6(2-1-3-7(8)11)9-12-4-5-13-9/h2-4,7,11,13H,5-6H2,1H3;1-3,9H,4-5H2. The van der Waals surface area contributed by atoms with Gasteiger partial charge in [0.15, 0.2) is 12.6 Å². The number of hydrogen-bond donors (Lipinski definition) is 1. The minimum Gasteiger partial charge on any atom is -0.389 e. The summed E-state index contributed by atoms with van der Waals surface area (Å²) in [5.41, 5.74) is 1.53. The number of ether oxygens (including phenoxy) is 4. The van der Waals surface area contributed by atoms with Crippen molar-refractivity contribution in [1.82, 2.24) is 0 Å². The van der Waals surface area contributed by atoms with Crippen molar-refractivity contribution in [2.75, 3.05) is 26.4 Å². The number of rotatable bonds is 3. The molecule has 1 unspecified atom stereocenters. The Morgan fingerprint density at radius 2 is 1.32 bits per heavy atom. The van der Waals surface area contributed by atoms with E-state index in [1.165, 1.54) is 19.1 Å². The van der Waals surface area contributed by atoms with Gasteiger partial charge in [-0.15, -0.1) is 0 Å². The van der Waals surface area contributed by atoms with Crippen LogP contribution in [0.15, 0.2) is 40.9 Å². The molecule has 0 saturated carbocycles. The van der Waals surface area contributed by atoms with Gasteiger partial charge in [0.05, 0.1) is 37.0 Å². The van der Waals surface area contributed by atoms with Crippen LogP contribution in [0.5, 0.6) is 0 Å². The summed E-state index contributed by atoms with van der Waals surface area (Å²) in [5.74, 6) is -0.724. The molecular formula is C20H21BrF2O5. The summed E-state index contributed by atoms with van der Waals surface area (Å²) in [4.78, 5) is 0. The van der Waals surface area contributed by atoms with Gasteiger partial charge in [-0.3, -0.25) is 0 Å². The van der Waals surface area contributed by atoms with Crippen molar-refractivity contribution in [3.8, 4) is 0 Å². The maximum Gasteiger partial charge on any atom is 0.185 e. The summed E-state index contributed by atoms with van der Waals surface area (Å²) in [7, 11) is 0. The van der Waals surface area contributed by atoms with Crippen molar-refractivity contribution in [3.63, 3.8) is 0 Å². The van der Waals surface area contributed by atoms with Crippen LogP contribution in [0.25, 0.3) is 0 Å². The molecule has 2 aliphatic heterocycles. The van der Waals surface area contributed by atoms with Gasteiger partial charge in [0, 0.05) is 16.7 Å². The lowest BCUT2D eigenvalue weighted by atomic mass is 10.0. The Morgan fingerprint density at radius 1 is 0.857 bits per heavy atom. The first-order valence-electron chi connectivity index (χ1n) is 8.85. The van der Waals surface area contributed by atoms with Gasteiger partial charge in [-0.1, -0.05) is 24.3 Å². The van der Waals surface area contributed by atoms with Crippen molar-refractivity contribution in [1.29, 1.82) is 0 Å². The van der Waals surface area contributed by atoms with E-state index in [4.69, 9.17) is 18.9 Å². The van der Waals surface area contributed by atoms with E-state index in [2.05, 4.69) is 15.9 Å². The van der Waals surface area contributed by atoms with E-state index in [9.17, 15) is 13.9 Å². The van der Waals surface area contributed by atoms with Crippen LogP contribution in [0.1, 0.15) is 42.3 Å². The molecule has 5 nitrogen and oxygen atoms in total. The second-order valence-corrected chi connectivity index (χ2v) is 7.00. The van der Waals surface area contributed by atoms with Gasteiger partial charge in [0.2, 0.25) is 0 Å². The highest BCUT2D eigenvalue weighted by Gasteiger charge is 2.25. The quantitative estimate of drug-likeness (QED) is 0.730. The summed E-state index contributed by atoms with van der Waals surface area (Å²) >= 11 is 3.16. The van der Waals surface area contributed by atoms with E-state index in [1.807, 2.05) is 0 Å². The van der Waals surface area contributed by atoms with Crippen LogP contribution in [0.4, 0.5) is 8.78 Å². The largest absolute Gasteiger partial charge is 0.389 e. The van der Waals surface area contributed by atoms with Gasteiger partial charge < -0.3 is 24.1 Å². The zero-order valence-electron chi connectivity index (χ0n) is 15.2. The third-order valence-corrected chi connectivity index (χ3v) is 5.07. The maximum absolute atomic E-state index is 13.5. The predicted octanol–water partition coefficient (Wildman–Crippen LogP) is 4.56. The molecule has 2 aromatic carbocycles. The van der Waals surface area contributed by atoms with Crippen LogP contribution in [-0.4, -0.2) is 31.5 Å². The first-order valence-corrected chi connectivity index (χ1v) is 9.65. The van der Waals surface area contributed by atoms with Crippen LogP contribution in [0.2, 0.25) is 0 Å². The predicted molar refractivity (Wildman–Crippen MR) is 100 cm³/mol. The fourth-order valence-corrected chi connectivity index (χ4v) is 3.43. The molecule has 8 heteroatoms. The molecule has 2 aliphatic rings. The Hall–Kier alpha value is -1.42. The number of halogens is 3. The lowest BCUT2D eigenvalue weighted by molar-refractivity contribution is -0.0462. The molecule has 1 N–H and O–H groups in total. The number of aliphatic hydroxyl groups excluding tert-OH is 1. The molecule has 0 amide bonds. The Bertz CT molecular complexity index is 790. The van der Waals surface area contributed by atoms with Crippen LogP contribution >= 0.6 is 15.9 Å². The second-order valence-electron chi connectivity index (χ2n) is 6.21. The van der Waals surface area contributed by atoms with Crippen LogP contribution in [-0.2, 0) is 18.9 Å². The third kappa shape index (κ3) is 4.94. The summed E-state index contributed by atoms with van der Waals surface area (Å²) in [6, 6.07) is 9.43. The van der Waals surface area contributed by atoms with E-state index in [0.29, 0.717) is 42.0 Å². The van der Waals surface area contributed by atoms with Crippen molar-refractivity contribution < 1.29 is 32.8 Å². The average molecular weight is 459 g/mol. The van der Waals surface area contributed by atoms with Gasteiger partial charge in [-0.05, 0) is 35.0 Å². The molecule has 0 bridgehead atoms. The molecule has 2 aromatic rings. The van der Waals surface area contributed by atoms with E-state index < -0.39 is 24.5 Å². The van der Waals surface area contributed by atoms with Crippen molar-refractivity contribution in [2.45, 2.75) is 25.6 Å². The highest BCUT2D eigenvalue weighted by molar-refractivity contribution is 9.10. The first kappa shape index (κ1) is 21.3. The van der Waals surface area contributed by atoms with Gasteiger partial charge in [0.25, 0.3) is 0 Å². The summed E-state index contributed by atoms with van der Waals surface area (Å²) in [6.07, 6.45) is -1.84. The first-order chi connectivity index (χ1) is 13.5. The SMILES string of the molecule is CC(O)c1c(F)cccc1C1OCCO1.Fc1cccc(C2OCCO2)c1Br. The molecule has 0 radical (unpaired) electrons. The lowest BCUT2D eigenvalue weighted by Crippen LogP contribution is -2.07. The average Bonchev–Trinajstić information content (AvgIpc) is 3.38. The van der Waals surface area contributed by atoms with Gasteiger partial charge in [0.1, 0.15) is 11.6 Å². The van der Waals surface area contributed by atoms with E-state index >= 15 is 0 Å². The molecule has 152 valence electrons. The Balaban J connectivity index is 0.000000162. The van der Waals surface area contributed by atoms with Crippen molar-refractivity contribution in [3.05, 3.63) is 69.2 Å². The molecule has 4 rings (SSSR count). The van der Waals surface area contributed by atoms with E-state index in [1.54, 1.807) is 24.3 Å². The molecule has 2 fully saturated rings. The Kier molecular flexibility index (Phi) is 7.50. The fourth-order valence-electron chi connectivity index (χ4n) is 2.98. The van der Waals surface area contributed by atoms with Gasteiger partial charge in [-0.2, -0.15) is 0 Å². The molecule has 0 spiro atoms. The highest BCUT2D eigenvalue weighted by atomic mass is 79.9. The number of benzene rings is 2. The second kappa shape index (κ2) is 9.87. The van der Waals surface area contributed by atoms with Crippen LogP contribution in [0.3, 0.4) is 0 Å². The molecule has 2 heterocycles. The smallest absolute Gasteiger partial charge is 0.185 e. The van der Waals surface area contributed by atoms with E-state index in [-0.39, 0.29) is 11.4 Å². The molecule has 0 aliphatic carbocycles. The molecular weight excluding hydrogens is 438 g/mol. The van der Waals surface area contributed by atoms with Crippen LogP contribution in [0, 0.1) is 11.6 Å². The highest BCUT2D eigenvalue weighted by Crippen LogP contribution is 2.32. The Morgan fingerprint density at radius 3 is 1.86 bits per heavy atom. The molecule has 0 aromatic heterocycles. The summed E-state index contributed by atoms with van der Waals surface area (Å²) in [5, 5.41) is 9.49. The molecule has 28 heavy (non-hydrogen) atoms. The maximum atomic E-state index is 13.5.